The summed E-state index contributed by atoms with van der Waals surface area (Å²) in [5.74, 6) is -1.61. The van der Waals surface area contributed by atoms with Crippen molar-refractivity contribution in [1.29, 1.82) is 0 Å². The van der Waals surface area contributed by atoms with Crippen LogP contribution in [-0.4, -0.2) is 92.4 Å². The van der Waals surface area contributed by atoms with Crippen molar-refractivity contribution < 1.29 is 38.8 Å². The molecule has 0 spiro atoms. The van der Waals surface area contributed by atoms with E-state index in [0.29, 0.717) is 0 Å². The molecule has 2 aromatic carbocycles. The molecule has 0 atom stereocenters. The van der Waals surface area contributed by atoms with E-state index in [2.05, 4.69) is 29.6 Å². The number of ether oxygens (including phenoxy) is 3. The molecule has 0 bridgehead atoms. The minimum atomic E-state index is -0.828. The van der Waals surface area contributed by atoms with Crippen LogP contribution in [0.25, 0.3) is 11.1 Å². The van der Waals surface area contributed by atoms with E-state index in [1.54, 1.807) is 0 Å². The van der Waals surface area contributed by atoms with Gasteiger partial charge in [-0.1, -0.05) is 48.5 Å². The topological polar surface area (TPSA) is 135 Å². The lowest BCUT2D eigenvalue weighted by atomic mass is 9.98. The lowest BCUT2D eigenvalue weighted by Gasteiger charge is -2.18. The molecule has 3 amide bonds. The molecule has 1 aliphatic carbocycles. The molecule has 0 unspecified atom stereocenters. The molecular weight excluding hydrogens is 456 g/mol. The smallest absolute Gasteiger partial charge is 0.407 e. The van der Waals surface area contributed by atoms with Crippen molar-refractivity contribution in [2.75, 3.05) is 59.3 Å². The first-order valence-corrected chi connectivity index (χ1v) is 11.4. The molecular formula is C25H30N2O8. The van der Waals surface area contributed by atoms with E-state index in [1.807, 2.05) is 24.3 Å². The van der Waals surface area contributed by atoms with E-state index in [1.165, 1.54) is 11.1 Å². The molecule has 0 aliphatic heterocycles. The van der Waals surface area contributed by atoms with Crippen LogP contribution in [0.3, 0.4) is 0 Å². The van der Waals surface area contributed by atoms with Crippen molar-refractivity contribution in [1.82, 2.24) is 10.2 Å². The number of fused-ring (bicyclic) bond motifs is 3. The van der Waals surface area contributed by atoms with E-state index in [4.69, 9.17) is 24.4 Å². The molecule has 0 radical (unpaired) electrons. The number of imide groups is 1. The maximum absolute atomic E-state index is 12.1. The Kier molecular flexibility index (Phi) is 10.2. The van der Waals surface area contributed by atoms with Gasteiger partial charge in [0, 0.05) is 12.5 Å². The number of carbonyl (C=O) groups is 3. The van der Waals surface area contributed by atoms with Crippen molar-refractivity contribution in [3.8, 4) is 11.1 Å². The van der Waals surface area contributed by atoms with Crippen LogP contribution in [0.4, 0.5) is 4.79 Å². The number of nitrogens with one attached hydrogen (secondary N) is 1. The van der Waals surface area contributed by atoms with Gasteiger partial charge in [0.05, 0.1) is 33.0 Å². The molecule has 0 aromatic heterocycles. The van der Waals surface area contributed by atoms with Crippen LogP contribution >= 0.6 is 0 Å². The zero-order valence-electron chi connectivity index (χ0n) is 19.4. The maximum atomic E-state index is 12.1. The van der Waals surface area contributed by atoms with Gasteiger partial charge in [0.2, 0.25) is 0 Å². The van der Waals surface area contributed by atoms with E-state index in [0.717, 1.165) is 16.0 Å². The molecule has 1 aliphatic rings. The third kappa shape index (κ3) is 7.09. The van der Waals surface area contributed by atoms with Gasteiger partial charge in [-0.05, 0) is 22.3 Å². The quantitative estimate of drug-likeness (QED) is 0.356. The summed E-state index contributed by atoms with van der Waals surface area (Å²) in [6.07, 6.45) is -0.520. The lowest BCUT2D eigenvalue weighted by molar-refractivity contribution is -0.149. The number of nitrogens with zero attached hydrogens (tertiary/aromatic N) is 1. The molecule has 2 aromatic rings. The second-order valence-electron chi connectivity index (χ2n) is 7.73. The third-order valence-corrected chi connectivity index (χ3v) is 5.56. The van der Waals surface area contributed by atoms with Gasteiger partial charge in [-0.25, -0.2) is 4.79 Å². The average Bonchev–Trinajstić information content (AvgIpc) is 3.21. The van der Waals surface area contributed by atoms with Crippen LogP contribution in [-0.2, 0) is 23.8 Å². The monoisotopic (exact) mass is 486 g/mol. The highest BCUT2D eigenvalue weighted by atomic mass is 16.6. The molecule has 0 saturated heterocycles. The Morgan fingerprint density at radius 1 is 0.800 bits per heavy atom. The standard InChI is InChI=1S/C25H30N2O8/c28-15-23(30)27(24(31)16-29)10-12-34-14-13-33-11-9-26-25(32)35-17-22-20-7-3-1-5-18(20)19-6-2-4-8-21(19)22/h1-8,22,28-29H,9-17H2,(H,26,32). The van der Waals surface area contributed by atoms with Crippen LogP contribution in [0.15, 0.2) is 48.5 Å². The number of amides is 3. The van der Waals surface area contributed by atoms with Gasteiger partial charge in [-0.2, -0.15) is 0 Å². The summed E-state index contributed by atoms with van der Waals surface area (Å²) >= 11 is 0. The highest BCUT2D eigenvalue weighted by Gasteiger charge is 2.28. The van der Waals surface area contributed by atoms with Gasteiger partial charge >= 0.3 is 6.09 Å². The predicted octanol–water partition coefficient (Wildman–Crippen LogP) is 0.898. The number of aliphatic hydroxyl groups is 2. The Morgan fingerprint density at radius 2 is 1.34 bits per heavy atom. The number of alkyl carbamates (subject to hydrolysis) is 1. The maximum Gasteiger partial charge on any atom is 0.407 e. The first kappa shape index (κ1) is 26.3. The van der Waals surface area contributed by atoms with Gasteiger partial charge in [0.15, 0.2) is 0 Å². The summed E-state index contributed by atoms with van der Waals surface area (Å²) < 4.78 is 16.1. The Bertz CT molecular complexity index is 951. The first-order valence-electron chi connectivity index (χ1n) is 11.4. The summed E-state index contributed by atoms with van der Waals surface area (Å²) in [7, 11) is 0. The Labute approximate surface area is 203 Å². The molecule has 0 heterocycles. The summed E-state index contributed by atoms with van der Waals surface area (Å²) in [5.41, 5.74) is 4.63. The lowest BCUT2D eigenvalue weighted by Crippen LogP contribution is -2.42. The Balaban J connectivity index is 1.28. The number of hydrogen-bond acceptors (Lipinski definition) is 8. The minimum Gasteiger partial charge on any atom is -0.449 e. The molecule has 10 heteroatoms. The van der Waals surface area contributed by atoms with E-state index < -0.39 is 31.1 Å². The number of hydrogen-bond donors (Lipinski definition) is 3. The second-order valence-corrected chi connectivity index (χ2v) is 7.73. The number of benzene rings is 2. The fourth-order valence-electron chi connectivity index (χ4n) is 3.91. The van der Waals surface area contributed by atoms with Gasteiger partial charge in [-0.3, -0.25) is 14.5 Å². The van der Waals surface area contributed by atoms with Crippen LogP contribution < -0.4 is 5.32 Å². The zero-order chi connectivity index (χ0) is 25.0. The fourth-order valence-corrected chi connectivity index (χ4v) is 3.91. The fraction of sp³-hybridized carbons (Fsp3) is 0.400. The van der Waals surface area contributed by atoms with Gasteiger partial charge in [0.1, 0.15) is 19.8 Å². The Hall–Kier alpha value is -3.31. The van der Waals surface area contributed by atoms with Crippen molar-refractivity contribution in [3.63, 3.8) is 0 Å². The largest absolute Gasteiger partial charge is 0.449 e. The van der Waals surface area contributed by atoms with Crippen LogP contribution in [0.1, 0.15) is 17.0 Å². The minimum absolute atomic E-state index is 0.00202. The third-order valence-electron chi connectivity index (χ3n) is 5.56. The molecule has 0 saturated carbocycles. The average molecular weight is 487 g/mol. The SMILES string of the molecule is O=C(NCCOCCOCCN(C(=O)CO)C(=O)CO)OCC1c2ccccc2-c2ccccc21. The summed E-state index contributed by atoms with van der Waals surface area (Å²) in [6, 6.07) is 16.2. The zero-order valence-corrected chi connectivity index (χ0v) is 19.4. The molecule has 188 valence electrons. The summed E-state index contributed by atoms with van der Waals surface area (Å²) in [5, 5.41) is 20.4. The normalized spacial score (nSPS) is 12.1. The van der Waals surface area contributed by atoms with Crippen molar-refractivity contribution in [2.45, 2.75) is 5.92 Å². The molecule has 3 rings (SSSR count). The van der Waals surface area contributed by atoms with Crippen molar-refractivity contribution >= 4 is 17.9 Å². The van der Waals surface area contributed by atoms with Crippen molar-refractivity contribution in [3.05, 3.63) is 59.7 Å². The Morgan fingerprint density at radius 3 is 1.91 bits per heavy atom. The van der Waals surface area contributed by atoms with Gasteiger partial charge in [0.25, 0.3) is 11.8 Å². The number of carbonyl (C=O) groups excluding carboxylic acids is 3. The van der Waals surface area contributed by atoms with Crippen LogP contribution in [0, 0.1) is 0 Å². The summed E-state index contributed by atoms with van der Waals surface area (Å²) in [4.78, 5) is 35.8. The highest BCUT2D eigenvalue weighted by Crippen LogP contribution is 2.44. The van der Waals surface area contributed by atoms with Crippen LogP contribution in [0.2, 0.25) is 0 Å². The predicted molar refractivity (Wildman–Crippen MR) is 126 cm³/mol. The number of rotatable bonds is 13. The highest BCUT2D eigenvalue weighted by molar-refractivity contribution is 5.96. The van der Waals surface area contributed by atoms with Gasteiger partial charge < -0.3 is 29.7 Å². The second kappa shape index (κ2) is 13.5. The summed E-state index contributed by atoms with van der Waals surface area (Å²) in [6.45, 7) is -0.485. The number of aliphatic hydroxyl groups excluding tert-OH is 2. The van der Waals surface area contributed by atoms with E-state index in [9.17, 15) is 14.4 Å². The van der Waals surface area contributed by atoms with Gasteiger partial charge in [-0.15, -0.1) is 0 Å². The molecule has 35 heavy (non-hydrogen) atoms. The van der Waals surface area contributed by atoms with E-state index >= 15 is 0 Å². The molecule has 3 N–H and O–H groups in total. The first-order chi connectivity index (χ1) is 17.1. The van der Waals surface area contributed by atoms with Crippen LogP contribution in [0.5, 0.6) is 0 Å². The van der Waals surface area contributed by atoms with Crippen molar-refractivity contribution in [2.24, 2.45) is 0 Å². The van der Waals surface area contributed by atoms with E-state index in [-0.39, 0.29) is 52.0 Å². The molecule has 0 fully saturated rings. The molecule has 10 nitrogen and oxygen atoms in total.